The summed E-state index contributed by atoms with van der Waals surface area (Å²) < 4.78 is 46.6. The van der Waals surface area contributed by atoms with Gasteiger partial charge in [0.2, 0.25) is 0 Å². The van der Waals surface area contributed by atoms with Gasteiger partial charge in [-0.1, -0.05) is 68.3 Å². The number of ether oxygens (including phenoxy) is 1. The van der Waals surface area contributed by atoms with Crippen LogP contribution in [0.5, 0.6) is 0 Å². The zero-order valence-corrected chi connectivity index (χ0v) is 18.0. The number of carbonyl (C=O) groups excluding carboxylic acids is 1. The van der Waals surface area contributed by atoms with Crippen molar-refractivity contribution in [2.45, 2.75) is 50.3 Å². The lowest BCUT2D eigenvalue weighted by molar-refractivity contribution is -0.280. The van der Waals surface area contributed by atoms with E-state index in [9.17, 15) is 23.1 Å². The van der Waals surface area contributed by atoms with Crippen molar-refractivity contribution in [3.05, 3.63) is 59.7 Å². The van der Waals surface area contributed by atoms with E-state index in [0.29, 0.717) is 18.8 Å². The molecule has 4 nitrogen and oxygen atoms in total. The number of alkyl halides is 3. The number of rotatable bonds is 5. The molecule has 0 aromatic heterocycles. The van der Waals surface area contributed by atoms with E-state index in [2.05, 4.69) is 5.32 Å². The first kappa shape index (κ1) is 22.6. The summed E-state index contributed by atoms with van der Waals surface area (Å²) >= 11 is 0. The van der Waals surface area contributed by atoms with Crippen molar-refractivity contribution in [1.82, 2.24) is 5.32 Å². The minimum atomic E-state index is -4.84. The molecule has 2 aromatic rings. The summed E-state index contributed by atoms with van der Waals surface area (Å²) in [6, 6.07) is 15.6. The Labute approximate surface area is 185 Å². The minimum Gasteiger partial charge on any atom is -0.449 e. The second-order valence-electron chi connectivity index (χ2n) is 9.06. The standard InChI is InChI=1S/C25H28F3NO3/c1-16-10-12-17(13-11-16)24(31,25(26,27)28)15-29-23(30)32-14-22-20-8-4-2-6-18(20)19-7-3-5-9-21(19)22/h2-9,16-17,22,31H,10-15H2,1H3,(H,29,30). The predicted octanol–water partition coefficient (Wildman–Crippen LogP) is 5.64. The molecule has 1 atom stereocenters. The third-order valence-corrected chi connectivity index (χ3v) is 7.03. The van der Waals surface area contributed by atoms with Gasteiger partial charge in [0.05, 0.1) is 6.54 Å². The van der Waals surface area contributed by atoms with Crippen LogP contribution in [0.3, 0.4) is 0 Å². The van der Waals surface area contributed by atoms with Crippen molar-refractivity contribution >= 4 is 6.09 Å². The van der Waals surface area contributed by atoms with Crippen LogP contribution in [0, 0.1) is 11.8 Å². The molecule has 2 aliphatic carbocycles. The van der Waals surface area contributed by atoms with Gasteiger partial charge in [0.1, 0.15) is 6.61 Å². The molecule has 0 heterocycles. The highest BCUT2D eigenvalue weighted by molar-refractivity contribution is 5.79. The van der Waals surface area contributed by atoms with Gasteiger partial charge in [0.15, 0.2) is 5.60 Å². The van der Waals surface area contributed by atoms with E-state index in [0.717, 1.165) is 22.3 Å². The van der Waals surface area contributed by atoms with Gasteiger partial charge >= 0.3 is 12.3 Å². The van der Waals surface area contributed by atoms with Crippen molar-refractivity contribution in [3.8, 4) is 11.1 Å². The number of halogens is 3. The van der Waals surface area contributed by atoms with Crippen LogP contribution in [-0.2, 0) is 4.74 Å². The maximum atomic E-state index is 13.8. The van der Waals surface area contributed by atoms with Crippen LogP contribution < -0.4 is 5.32 Å². The number of aliphatic hydroxyl groups is 1. The molecule has 0 radical (unpaired) electrons. The maximum absolute atomic E-state index is 13.8. The van der Waals surface area contributed by atoms with Gasteiger partial charge in [-0.05, 0) is 46.9 Å². The topological polar surface area (TPSA) is 58.6 Å². The molecule has 0 bridgehead atoms. The molecule has 4 rings (SSSR count). The first-order valence-corrected chi connectivity index (χ1v) is 11.1. The highest BCUT2D eigenvalue weighted by atomic mass is 19.4. The molecule has 1 saturated carbocycles. The lowest BCUT2D eigenvalue weighted by atomic mass is 9.73. The Kier molecular flexibility index (Phi) is 6.21. The van der Waals surface area contributed by atoms with Gasteiger partial charge in [-0.3, -0.25) is 0 Å². The predicted molar refractivity (Wildman–Crippen MR) is 115 cm³/mol. The Morgan fingerprint density at radius 1 is 1.00 bits per heavy atom. The number of amides is 1. The number of alkyl carbamates (subject to hydrolysis) is 1. The van der Waals surface area contributed by atoms with E-state index < -0.39 is 30.3 Å². The van der Waals surface area contributed by atoms with Gasteiger partial charge in [0.25, 0.3) is 0 Å². The van der Waals surface area contributed by atoms with Gasteiger partial charge in [0, 0.05) is 5.92 Å². The van der Waals surface area contributed by atoms with E-state index in [4.69, 9.17) is 4.74 Å². The quantitative estimate of drug-likeness (QED) is 0.623. The first-order valence-electron chi connectivity index (χ1n) is 11.1. The molecule has 1 amide bonds. The Bertz CT molecular complexity index is 923. The summed E-state index contributed by atoms with van der Waals surface area (Å²) in [5, 5.41) is 12.7. The lowest BCUT2D eigenvalue weighted by Gasteiger charge is -2.40. The number of nitrogens with one attached hydrogen (secondary N) is 1. The summed E-state index contributed by atoms with van der Waals surface area (Å²) in [5.74, 6) is -0.777. The first-order chi connectivity index (χ1) is 15.2. The van der Waals surface area contributed by atoms with Gasteiger partial charge in [-0.2, -0.15) is 13.2 Å². The monoisotopic (exact) mass is 447 g/mol. The molecule has 1 fully saturated rings. The van der Waals surface area contributed by atoms with E-state index in [1.807, 2.05) is 55.5 Å². The summed E-state index contributed by atoms with van der Waals surface area (Å²) in [7, 11) is 0. The van der Waals surface area contributed by atoms with Gasteiger partial charge < -0.3 is 15.2 Å². The molecule has 2 N–H and O–H groups in total. The minimum absolute atomic E-state index is 0.00521. The van der Waals surface area contributed by atoms with E-state index in [-0.39, 0.29) is 25.4 Å². The molecule has 7 heteroatoms. The van der Waals surface area contributed by atoms with Crippen LogP contribution in [0.25, 0.3) is 11.1 Å². The maximum Gasteiger partial charge on any atom is 0.419 e. The van der Waals surface area contributed by atoms with Gasteiger partial charge in [-0.25, -0.2) is 4.79 Å². The fraction of sp³-hybridized carbons (Fsp3) is 0.480. The van der Waals surface area contributed by atoms with Crippen LogP contribution in [-0.4, -0.2) is 36.1 Å². The second kappa shape index (κ2) is 8.77. The summed E-state index contributed by atoms with van der Waals surface area (Å²) in [4.78, 5) is 12.3. The Morgan fingerprint density at radius 3 is 2.06 bits per heavy atom. The Morgan fingerprint density at radius 2 is 1.53 bits per heavy atom. The zero-order chi connectivity index (χ0) is 22.9. The van der Waals surface area contributed by atoms with Gasteiger partial charge in [-0.15, -0.1) is 0 Å². The van der Waals surface area contributed by atoms with Crippen LogP contribution in [0.1, 0.15) is 49.7 Å². The molecule has 1 unspecified atom stereocenters. The molecule has 2 aromatic carbocycles. The second-order valence-corrected chi connectivity index (χ2v) is 9.06. The fourth-order valence-corrected chi connectivity index (χ4v) is 5.07. The number of hydrogen-bond acceptors (Lipinski definition) is 3. The normalized spacial score (nSPS) is 22.5. The zero-order valence-electron chi connectivity index (χ0n) is 18.0. The van der Waals surface area contributed by atoms with E-state index in [1.54, 1.807) is 0 Å². The van der Waals surface area contributed by atoms with E-state index in [1.165, 1.54) is 0 Å². The molecule has 0 aliphatic heterocycles. The van der Waals surface area contributed by atoms with Crippen molar-refractivity contribution in [3.63, 3.8) is 0 Å². The summed E-state index contributed by atoms with van der Waals surface area (Å²) in [5.41, 5.74) is 1.21. The smallest absolute Gasteiger partial charge is 0.419 e. The molecule has 172 valence electrons. The average molecular weight is 447 g/mol. The number of benzene rings is 2. The Balaban J connectivity index is 1.41. The third kappa shape index (κ3) is 4.22. The molecule has 2 aliphatic rings. The van der Waals surface area contributed by atoms with Crippen LogP contribution in [0.2, 0.25) is 0 Å². The van der Waals surface area contributed by atoms with Crippen molar-refractivity contribution in [2.75, 3.05) is 13.2 Å². The molecular formula is C25H28F3NO3. The molecule has 0 saturated heterocycles. The van der Waals surface area contributed by atoms with Crippen LogP contribution in [0.4, 0.5) is 18.0 Å². The number of fused-ring (bicyclic) bond motifs is 3. The summed E-state index contributed by atoms with van der Waals surface area (Å²) in [6.07, 6.45) is -3.97. The highest BCUT2D eigenvalue weighted by Gasteiger charge is 2.58. The fourth-order valence-electron chi connectivity index (χ4n) is 5.07. The Hall–Kier alpha value is -2.54. The van der Waals surface area contributed by atoms with Crippen LogP contribution in [0.15, 0.2) is 48.5 Å². The van der Waals surface area contributed by atoms with Crippen molar-refractivity contribution in [2.24, 2.45) is 11.8 Å². The number of carbonyl (C=O) groups is 1. The molecule has 0 spiro atoms. The van der Waals surface area contributed by atoms with Crippen molar-refractivity contribution < 1.29 is 27.8 Å². The summed E-state index contributed by atoms with van der Waals surface area (Å²) in [6.45, 7) is 1.09. The van der Waals surface area contributed by atoms with Crippen LogP contribution >= 0.6 is 0 Å². The van der Waals surface area contributed by atoms with Crippen molar-refractivity contribution in [1.29, 1.82) is 0 Å². The molecular weight excluding hydrogens is 419 g/mol. The largest absolute Gasteiger partial charge is 0.449 e. The average Bonchev–Trinajstić information content (AvgIpc) is 3.09. The molecule has 32 heavy (non-hydrogen) atoms. The number of hydrogen-bond donors (Lipinski definition) is 2. The van der Waals surface area contributed by atoms with E-state index >= 15 is 0 Å². The highest BCUT2D eigenvalue weighted by Crippen LogP contribution is 2.45. The third-order valence-electron chi connectivity index (χ3n) is 7.03. The SMILES string of the molecule is CC1CCC(C(O)(CNC(=O)OCC2c3ccccc3-c3ccccc32)C(F)(F)F)CC1. The lowest BCUT2D eigenvalue weighted by Crippen LogP contribution is -2.59.